The Morgan fingerprint density at radius 1 is 0.939 bits per heavy atom. The van der Waals surface area contributed by atoms with Gasteiger partial charge in [-0.25, -0.2) is 0 Å². The van der Waals surface area contributed by atoms with E-state index in [9.17, 15) is 4.79 Å². The fourth-order valence-corrected chi connectivity index (χ4v) is 5.14. The molecule has 5 rings (SSSR count). The summed E-state index contributed by atoms with van der Waals surface area (Å²) in [6.07, 6.45) is 4.70. The minimum atomic E-state index is 0.0310. The van der Waals surface area contributed by atoms with E-state index < -0.39 is 0 Å². The van der Waals surface area contributed by atoms with Gasteiger partial charge in [-0.2, -0.15) is 0 Å². The van der Waals surface area contributed by atoms with Gasteiger partial charge in [0.1, 0.15) is 0 Å². The molecule has 1 aliphatic carbocycles. The van der Waals surface area contributed by atoms with Crippen LogP contribution in [0, 0.1) is 0 Å². The van der Waals surface area contributed by atoms with Gasteiger partial charge in [0.15, 0.2) is 17.3 Å². The Balaban J connectivity index is 1.55. The van der Waals surface area contributed by atoms with Crippen LogP contribution in [0.25, 0.3) is 0 Å². The lowest BCUT2D eigenvalue weighted by Crippen LogP contribution is -2.29. The molecule has 1 saturated carbocycles. The first-order valence-electron chi connectivity index (χ1n) is 11.8. The molecule has 168 valence electrons. The summed E-state index contributed by atoms with van der Waals surface area (Å²) in [6, 6.07) is 21.8. The molecule has 0 radical (unpaired) electrons. The van der Waals surface area contributed by atoms with E-state index in [1.54, 1.807) is 7.11 Å². The van der Waals surface area contributed by atoms with E-state index in [-0.39, 0.29) is 11.8 Å². The number of carbonyl (C=O) groups excluding carboxylic acids is 1. The lowest BCUT2D eigenvalue weighted by atomic mass is 9.75. The molecule has 0 bridgehead atoms. The molecule has 0 aromatic heterocycles. The zero-order valence-electron chi connectivity index (χ0n) is 19.2. The van der Waals surface area contributed by atoms with Gasteiger partial charge >= 0.3 is 0 Å². The van der Waals surface area contributed by atoms with Gasteiger partial charge in [-0.05, 0) is 37.5 Å². The predicted octanol–water partition coefficient (Wildman–Crippen LogP) is 6.20. The number of rotatable bonds is 6. The van der Waals surface area contributed by atoms with Gasteiger partial charge in [-0.15, -0.1) is 0 Å². The number of benzene rings is 3. The summed E-state index contributed by atoms with van der Waals surface area (Å²) < 4.78 is 11.6. The molecule has 0 amide bonds. The van der Waals surface area contributed by atoms with Crippen LogP contribution in [0.2, 0.25) is 0 Å². The van der Waals surface area contributed by atoms with Crippen molar-refractivity contribution < 1.29 is 14.3 Å². The van der Waals surface area contributed by atoms with Crippen molar-refractivity contribution in [2.45, 2.75) is 44.6 Å². The van der Waals surface area contributed by atoms with Crippen molar-refractivity contribution >= 4 is 11.5 Å². The molecule has 0 unspecified atom stereocenters. The molecule has 1 heterocycles. The molecule has 4 nitrogen and oxygen atoms in total. The van der Waals surface area contributed by atoms with Gasteiger partial charge in [0, 0.05) is 28.2 Å². The van der Waals surface area contributed by atoms with Crippen molar-refractivity contribution in [1.29, 1.82) is 0 Å². The Hall–Kier alpha value is -3.40. The van der Waals surface area contributed by atoms with Gasteiger partial charge in [0.05, 0.1) is 25.5 Å². The minimum absolute atomic E-state index is 0.0310. The van der Waals surface area contributed by atoms with E-state index in [4.69, 9.17) is 14.5 Å². The first-order valence-corrected chi connectivity index (χ1v) is 11.8. The zero-order chi connectivity index (χ0) is 22.8. The number of hydrogen-bond donors (Lipinski definition) is 0. The van der Waals surface area contributed by atoms with Crippen molar-refractivity contribution in [3.05, 3.63) is 94.5 Å². The smallest absolute Gasteiger partial charge is 0.193 e. The molecule has 3 aromatic rings. The predicted molar refractivity (Wildman–Crippen MR) is 131 cm³/mol. The van der Waals surface area contributed by atoms with E-state index >= 15 is 0 Å². The minimum Gasteiger partial charge on any atom is -0.493 e. The van der Waals surface area contributed by atoms with Crippen LogP contribution < -0.4 is 9.47 Å². The Kier molecular flexibility index (Phi) is 5.99. The number of methoxy groups -OCH3 is 1. The summed E-state index contributed by atoms with van der Waals surface area (Å²) in [6.45, 7) is 2.59. The standard InChI is InChI=1S/C29H29NO3/c1-3-33-27-17-23-22-11-7-8-12-25(22)30-28(24(23)18-26(27)32-2)19-13-15-21(16-14-19)29(31)20-9-5-4-6-10-20/h4-6,9-10,13-18,22,25H,3,7-8,11-12H2,1-2H3/t22-,25-/m0/s1. The number of aliphatic imine (C=N–C) groups is 1. The fraction of sp³-hybridized carbons (Fsp3) is 0.310. The number of hydrogen-bond acceptors (Lipinski definition) is 4. The molecule has 33 heavy (non-hydrogen) atoms. The van der Waals surface area contributed by atoms with Crippen molar-refractivity contribution in [2.24, 2.45) is 4.99 Å². The fourth-order valence-electron chi connectivity index (χ4n) is 5.14. The lowest BCUT2D eigenvalue weighted by Gasteiger charge is -2.36. The van der Waals surface area contributed by atoms with Gasteiger partial charge < -0.3 is 9.47 Å². The Labute approximate surface area is 195 Å². The van der Waals surface area contributed by atoms with E-state index in [1.807, 2.05) is 61.5 Å². The van der Waals surface area contributed by atoms with E-state index in [1.165, 1.54) is 18.4 Å². The van der Waals surface area contributed by atoms with Crippen LogP contribution in [0.5, 0.6) is 11.5 Å². The molecule has 0 N–H and O–H groups in total. The summed E-state index contributed by atoms with van der Waals surface area (Å²) in [5.41, 5.74) is 5.80. The van der Waals surface area contributed by atoms with Crippen molar-refractivity contribution in [3.8, 4) is 11.5 Å². The van der Waals surface area contributed by atoms with Crippen LogP contribution in [0.3, 0.4) is 0 Å². The third-order valence-corrected chi connectivity index (χ3v) is 6.77. The third kappa shape index (κ3) is 4.06. The SMILES string of the molecule is CCOc1cc2c(cc1OC)C(c1ccc(C(=O)c3ccccc3)cc1)=N[C@H]1CCCC[C@@H]21. The molecule has 2 atom stereocenters. The van der Waals surface area contributed by atoms with E-state index in [0.717, 1.165) is 41.2 Å². The van der Waals surface area contributed by atoms with Crippen LogP contribution in [-0.2, 0) is 0 Å². The average Bonchev–Trinajstić information content (AvgIpc) is 2.88. The zero-order valence-corrected chi connectivity index (χ0v) is 19.2. The van der Waals surface area contributed by atoms with Crippen LogP contribution in [0.1, 0.15) is 71.1 Å². The molecule has 0 saturated heterocycles. The number of fused-ring (bicyclic) bond motifs is 3. The molecule has 2 aliphatic rings. The van der Waals surface area contributed by atoms with Crippen molar-refractivity contribution in [2.75, 3.05) is 13.7 Å². The van der Waals surface area contributed by atoms with Crippen molar-refractivity contribution in [3.63, 3.8) is 0 Å². The molecule has 1 aliphatic heterocycles. The second kappa shape index (κ2) is 9.22. The number of ether oxygens (including phenoxy) is 2. The molecular formula is C29H29NO3. The largest absolute Gasteiger partial charge is 0.493 e. The normalized spacial score (nSPS) is 19.2. The number of nitrogens with zero attached hydrogens (tertiary/aromatic N) is 1. The molecular weight excluding hydrogens is 410 g/mol. The summed E-state index contributed by atoms with van der Waals surface area (Å²) in [7, 11) is 1.68. The van der Waals surface area contributed by atoms with Crippen LogP contribution >= 0.6 is 0 Å². The third-order valence-electron chi connectivity index (χ3n) is 6.77. The summed E-state index contributed by atoms with van der Waals surface area (Å²) in [5.74, 6) is 1.98. The maximum absolute atomic E-state index is 12.8. The first-order chi connectivity index (χ1) is 16.2. The van der Waals surface area contributed by atoms with Crippen LogP contribution in [0.4, 0.5) is 0 Å². The highest BCUT2D eigenvalue weighted by molar-refractivity contribution is 6.16. The second-order valence-corrected chi connectivity index (χ2v) is 8.73. The van der Waals surface area contributed by atoms with Gasteiger partial charge in [-0.3, -0.25) is 9.79 Å². The Morgan fingerprint density at radius 2 is 1.67 bits per heavy atom. The Morgan fingerprint density at radius 3 is 2.39 bits per heavy atom. The number of ketones is 1. The molecule has 0 spiro atoms. The highest BCUT2D eigenvalue weighted by atomic mass is 16.5. The van der Waals surface area contributed by atoms with Gasteiger partial charge in [0.2, 0.25) is 0 Å². The monoisotopic (exact) mass is 439 g/mol. The molecule has 1 fully saturated rings. The van der Waals surface area contributed by atoms with Crippen LogP contribution in [-0.4, -0.2) is 31.3 Å². The van der Waals surface area contributed by atoms with Crippen LogP contribution in [0.15, 0.2) is 71.7 Å². The van der Waals surface area contributed by atoms with E-state index in [2.05, 4.69) is 12.1 Å². The summed E-state index contributed by atoms with van der Waals surface area (Å²) in [5, 5.41) is 0. The first kappa shape index (κ1) is 21.4. The highest BCUT2D eigenvalue weighted by Crippen LogP contribution is 2.44. The quantitative estimate of drug-likeness (QED) is 0.430. The highest BCUT2D eigenvalue weighted by Gasteiger charge is 2.34. The maximum atomic E-state index is 12.8. The molecule has 4 heteroatoms. The van der Waals surface area contributed by atoms with E-state index in [0.29, 0.717) is 23.7 Å². The summed E-state index contributed by atoms with van der Waals surface area (Å²) in [4.78, 5) is 18.1. The van der Waals surface area contributed by atoms with Crippen molar-refractivity contribution in [1.82, 2.24) is 0 Å². The average molecular weight is 440 g/mol. The lowest BCUT2D eigenvalue weighted by molar-refractivity contribution is 0.103. The van der Waals surface area contributed by atoms with Gasteiger partial charge in [-0.1, -0.05) is 67.4 Å². The number of carbonyl (C=O) groups is 1. The maximum Gasteiger partial charge on any atom is 0.193 e. The topological polar surface area (TPSA) is 47.9 Å². The molecule has 3 aromatic carbocycles. The Bertz CT molecular complexity index is 1180. The second-order valence-electron chi connectivity index (χ2n) is 8.73. The van der Waals surface area contributed by atoms with Gasteiger partial charge in [0.25, 0.3) is 0 Å². The summed E-state index contributed by atoms with van der Waals surface area (Å²) >= 11 is 0.